The summed E-state index contributed by atoms with van der Waals surface area (Å²) in [5.41, 5.74) is 1.65. The summed E-state index contributed by atoms with van der Waals surface area (Å²) in [7, 11) is 0. The molecule has 0 saturated carbocycles. The maximum absolute atomic E-state index is 6.12. The monoisotopic (exact) mass is 290 g/mol. The minimum Gasteiger partial charge on any atom is -0.494 e. The normalized spacial score (nSPS) is 11.4. The molecule has 0 radical (unpaired) electrons. The SMILES string of the molecule is CCOc1cccc(-c2cc(Cl)nc(C(C)(C)C)n2)c1. The van der Waals surface area contributed by atoms with Crippen LogP contribution in [0.1, 0.15) is 33.5 Å². The van der Waals surface area contributed by atoms with Crippen molar-refractivity contribution in [2.45, 2.75) is 33.1 Å². The Morgan fingerprint density at radius 2 is 1.90 bits per heavy atom. The molecule has 0 saturated heterocycles. The average molecular weight is 291 g/mol. The van der Waals surface area contributed by atoms with Gasteiger partial charge in [-0.2, -0.15) is 0 Å². The molecule has 0 spiro atoms. The second-order valence-corrected chi connectivity index (χ2v) is 6.00. The van der Waals surface area contributed by atoms with Crippen molar-refractivity contribution in [2.24, 2.45) is 0 Å². The zero-order chi connectivity index (χ0) is 14.8. The highest BCUT2D eigenvalue weighted by Gasteiger charge is 2.19. The Labute approximate surface area is 125 Å². The molecule has 0 N–H and O–H groups in total. The first-order chi connectivity index (χ1) is 9.40. The Morgan fingerprint density at radius 3 is 2.55 bits per heavy atom. The predicted octanol–water partition coefficient (Wildman–Crippen LogP) is 4.49. The van der Waals surface area contributed by atoms with Crippen molar-refractivity contribution in [3.8, 4) is 17.0 Å². The molecule has 3 nitrogen and oxygen atoms in total. The van der Waals surface area contributed by atoms with Gasteiger partial charge in [-0.15, -0.1) is 0 Å². The largest absolute Gasteiger partial charge is 0.494 e. The van der Waals surface area contributed by atoms with Crippen molar-refractivity contribution in [1.29, 1.82) is 0 Å². The lowest BCUT2D eigenvalue weighted by Crippen LogP contribution is -2.16. The second-order valence-electron chi connectivity index (χ2n) is 5.61. The van der Waals surface area contributed by atoms with E-state index < -0.39 is 0 Å². The second kappa shape index (κ2) is 5.80. The number of aromatic nitrogens is 2. The highest BCUT2D eigenvalue weighted by molar-refractivity contribution is 6.29. The van der Waals surface area contributed by atoms with Crippen molar-refractivity contribution < 1.29 is 4.74 Å². The van der Waals surface area contributed by atoms with Crippen LogP contribution in [0.25, 0.3) is 11.3 Å². The molecule has 4 heteroatoms. The van der Waals surface area contributed by atoms with Crippen LogP contribution in [-0.4, -0.2) is 16.6 Å². The van der Waals surface area contributed by atoms with E-state index in [1.54, 1.807) is 6.07 Å². The van der Waals surface area contributed by atoms with Crippen LogP contribution in [0.2, 0.25) is 5.15 Å². The molecule has 0 unspecified atom stereocenters. The van der Waals surface area contributed by atoms with Crippen LogP contribution in [-0.2, 0) is 5.41 Å². The highest BCUT2D eigenvalue weighted by Crippen LogP contribution is 2.27. The Kier molecular flexibility index (Phi) is 4.29. The smallest absolute Gasteiger partial charge is 0.136 e. The van der Waals surface area contributed by atoms with Gasteiger partial charge in [-0.1, -0.05) is 44.5 Å². The lowest BCUT2D eigenvalue weighted by atomic mass is 9.95. The molecule has 106 valence electrons. The van der Waals surface area contributed by atoms with Crippen LogP contribution < -0.4 is 4.74 Å². The molecular formula is C16H19ClN2O. The van der Waals surface area contributed by atoms with Gasteiger partial charge in [0, 0.05) is 17.0 Å². The van der Waals surface area contributed by atoms with Gasteiger partial charge < -0.3 is 4.74 Å². The molecule has 20 heavy (non-hydrogen) atoms. The minimum atomic E-state index is -0.142. The molecule has 0 fully saturated rings. The van der Waals surface area contributed by atoms with E-state index in [0.717, 1.165) is 22.8 Å². The fourth-order valence-corrected chi connectivity index (χ4v) is 2.00. The number of hydrogen-bond donors (Lipinski definition) is 0. The van der Waals surface area contributed by atoms with Crippen molar-refractivity contribution in [3.63, 3.8) is 0 Å². The van der Waals surface area contributed by atoms with Crippen LogP contribution in [0.5, 0.6) is 5.75 Å². The van der Waals surface area contributed by atoms with E-state index >= 15 is 0 Å². The molecule has 2 rings (SSSR count). The van der Waals surface area contributed by atoms with E-state index in [2.05, 4.69) is 30.7 Å². The zero-order valence-corrected chi connectivity index (χ0v) is 13.0. The first-order valence-electron chi connectivity index (χ1n) is 6.68. The Bertz CT molecular complexity index is 606. The third-order valence-corrected chi connectivity index (χ3v) is 3.00. The summed E-state index contributed by atoms with van der Waals surface area (Å²) >= 11 is 6.12. The number of benzene rings is 1. The topological polar surface area (TPSA) is 35.0 Å². The van der Waals surface area contributed by atoms with Gasteiger partial charge in [-0.25, -0.2) is 9.97 Å². The molecular weight excluding hydrogens is 272 g/mol. The molecule has 0 aliphatic rings. The fourth-order valence-electron chi connectivity index (χ4n) is 1.81. The van der Waals surface area contributed by atoms with E-state index in [4.69, 9.17) is 16.3 Å². The molecule has 1 heterocycles. The van der Waals surface area contributed by atoms with Crippen molar-refractivity contribution in [2.75, 3.05) is 6.61 Å². The van der Waals surface area contributed by atoms with E-state index in [1.165, 1.54) is 0 Å². The van der Waals surface area contributed by atoms with Gasteiger partial charge in [-0.3, -0.25) is 0 Å². The third kappa shape index (κ3) is 3.48. The number of nitrogens with zero attached hydrogens (tertiary/aromatic N) is 2. The molecule has 1 aromatic carbocycles. The quantitative estimate of drug-likeness (QED) is 0.781. The Morgan fingerprint density at radius 1 is 1.15 bits per heavy atom. The Balaban J connectivity index is 2.47. The van der Waals surface area contributed by atoms with Crippen molar-refractivity contribution in [1.82, 2.24) is 9.97 Å². The summed E-state index contributed by atoms with van der Waals surface area (Å²) in [6.45, 7) is 8.81. The molecule has 0 amide bonds. The lowest BCUT2D eigenvalue weighted by Gasteiger charge is -2.17. The Hall–Kier alpha value is -1.61. The van der Waals surface area contributed by atoms with Gasteiger partial charge in [0.25, 0.3) is 0 Å². The van der Waals surface area contributed by atoms with E-state index in [1.807, 2.05) is 31.2 Å². The van der Waals surface area contributed by atoms with E-state index in [-0.39, 0.29) is 5.41 Å². The van der Waals surface area contributed by atoms with Crippen LogP contribution in [0.3, 0.4) is 0 Å². The number of ether oxygens (including phenoxy) is 1. The van der Waals surface area contributed by atoms with Gasteiger partial charge >= 0.3 is 0 Å². The predicted molar refractivity (Wildman–Crippen MR) is 82.3 cm³/mol. The summed E-state index contributed by atoms with van der Waals surface area (Å²) in [6.07, 6.45) is 0. The molecule has 0 aliphatic heterocycles. The number of hydrogen-bond acceptors (Lipinski definition) is 3. The van der Waals surface area contributed by atoms with Gasteiger partial charge in [0.15, 0.2) is 0 Å². The van der Waals surface area contributed by atoms with E-state index in [9.17, 15) is 0 Å². The van der Waals surface area contributed by atoms with Crippen molar-refractivity contribution in [3.05, 3.63) is 41.3 Å². The summed E-state index contributed by atoms with van der Waals surface area (Å²) in [5.74, 6) is 1.57. The molecule has 0 atom stereocenters. The highest BCUT2D eigenvalue weighted by atomic mass is 35.5. The van der Waals surface area contributed by atoms with E-state index in [0.29, 0.717) is 11.8 Å². The number of rotatable bonds is 3. The van der Waals surface area contributed by atoms with Crippen LogP contribution in [0.4, 0.5) is 0 Å². The van der Waals surface area contributed by atoms with Gasteiger partial charge in [0.2, 0.25) is 0 Å². The minimum absolute atomic E-state index is 0.142. The number of halogens is 1. The summed E-state index contributed by atoms with van der Waals surface area (Å²) in [4.78, 5) is 8.94. The first-order valence-corrected chi connectivity index (χ1v) is 7.06. The van der Waals surface area contributed by atoms with Gasteiger partial charge in [-0.05, 0) is 19.1 Å². The van der Waals surface area contributed by atoms with Crippen LogP contribution >= 0.6 is 11.6 Å². The van der Waals surface area contributed by atoms with Gasteiger partial charge in [0.1, 0.15) is 16.7 Å². The maximum atomic E-state index is 6.12. The maximum Gasteiger partial charge on any atom is 0.136 e. The third-order valence-electron chi connectivity index (χ3n) is 2.81. The van der Waals surface area contributed by atoms with Gasteiger partial charge in [0.05, 0.1) is 12.3 Å². The van der Waals surface area contributed by atoms with Crippen LogP contribution in [0.15, 0.2) is 30.3 Å². The summed E-state index contributed by atoms with van der Waals surface area (Å²) in [5, 5.41) is 0.460. The summed E-state index contributed by atoms with van der Waals surface area (Å²) < 4.78 is 5.52. The fraction of sp³-hybridized carbons (Fsp3) is 0.375. The molecule has 0 aliphatic carbocycles. The average Bonchev–Trinajstić information content (AvgIpc) is 2.38. The first kappa shape index (κ1) is 14.8. The van der Waals surface area contributed by atoms with Crippen molar-refractivity contribution >= 4 is 11.6 Å². The zero-order valence-electron chi connectivity index (χ0n) is 12.3. The lowest BCUT2D eigenvalue weighted by molar-refractivity contribution is 0.340. The molecule has 1 aromatic heterocycles. The molecule has 2 aromatic rings. The summed E-state index contributed by atoms with van der Waals surface area (Å²) in [6, 6.07) is 9.62. The molecule has 0 bridgehead atoms. The standard InChI is InChI=1S/C16H19ClN2O/c1-5-20-12-8-6-7-11(9-12)13-10-14(17)19-15(18-13)16(2,3)4/h6-10H,5H2,1-4H3. The van der Waals surface area contributed by atoms with Crippen LogP contribution in [0, 0.1) is 0 Å².